The fourth-order valence-corrected chi connectivity index (χ4v) is 4.47. The van der Waals surface area contributed by atoms with Gasteiger partial charge in [-0.25, -0.2) is 8.42 Å². The molecule has 0 spiro atoms. The molecule has 156 valence electrons. The van der Waals surface area contributed by atoms with Gasteiger partial charge < -0.3 is 19.3 Å². The summed E-state index contributed by atoms with van der Waals surface area (Å²) in [7, 11) is -3.85. The van der Waals surface area contributed by atoms with E-state index in [4.69, 9.17) is 14.0 Å². The Morgan fingerprint density at radius 2 is 1.63 bits per heavy atom. The maximum Gasteiger partial charge on any atom is 0.267 e. The van der Waals surface area contributed by atoms with Gasteiger partial charge in [-0.1, -0.05) is 5.16 Å². The molecule has 0 aliphatic carbocycles. The third-order valence-corrected chi connectivity index (χ3v) is 6.06. The van der Waals surface area contributed by atoms with Crippen LogP contribution in [-0.4, -0.2) is 32.7 Å². The van der Waals surface area contributed by atoms with Crippen molar-refractivity contribution < 1.29 is 27.2 Å². The van der Waals surface area contributed by atoms with Crippen molar-refractivity contribution in [3.8, 4) is 11.5 Å². The van der Waals surface area contributed by atoms with Crippen LogP contribution in [0.2, 0.25) is 0 Å². The second-order valence-electron chi connectivity index (χ2n) is 6.65. The van der Waals surface area contributed by atoms with Gasteiger partial charge in [-0.3, -0.25) is 9.52 Å². The maximum atomic E-state index is 12.6. The topological polar surface area (TPSA) is 120 Å². The summed E-state index contributed by atoms with van der Waals surface area (Å²) in [6.45, 7) is 4.02. The summed E-state index contributed by atoms with van der Waals surface area (Å²) in [5, 5.41) is 6.44. The molecule has 0 atom stereocenters. The summed E-state index contributed by atoms with van der Waals surface area (Å²) in [5.74, 6) is 1.07. The average Bonchev–Trinajstić information content (AvgIpc) is 3.07. The third kappa shape index (κ3) is 3.94. The highest BCUT2D eigenvalue weighted by Crippen LogP contribution is 2.32. The van der Waals surface area contributed by atoms with Crippen molar-refractivity contribution in [3.63, 3.8) is 0 Å². The molecule has 10 heteroatoms. The van der Waals surface area contributed by atoms with Crippen LogP contribution < -0.4 is 19.5 Å². The lowest BCUT2D eigenvalue weighted by atomic mass is 10.2. The Kier molecular flexibility index (Phi) is 5.08. The molecule has 4 rings (SSSR count). The molecule has 0 fully saturated rings. The minimum absolute atomic E-state index is 0.00271. The van der Waals surface area contributed by atoms with Crippen LogP contribution in [0.1, 0.15) is 21.8 Å². The summed E-state index contributed by atoms with van der Waals surface area (Å²) in [4.78, 5) is 12.5. The fraction of sp³-hybridized carbons (Fsp3) is 0.200. The molecule has 2 heterocycles. The van der Waals surface area contributed by atoms with Crippen molar-refractivity contribution >= 4 is 27.3 Å². The molecule has 0 saturated carbocycles. The van der Waals surface area contributed by atoms with Crippen molar-refractivity contribution in [2.75, 3.05) is 23.3 Å². The highest BCUT2D eigenvalue weighted by atomic mass is 32.2. The van der Waals surface area contributed by atoms with Crippen molar-refractivity contribution in [1.82, 2.24) is 5.16 Å². The summed E-state index contributed by atoms with van der Waals surface area (Å²) < 4.78 is 43.5. The Morgan fingerprint density at radius 1 is 0.967 bits per heavy atom. The first kappa shape index (κ1) is 19.8. The highest BCUT2D eigenvalue weighted by molar-refractivity contribution is 7.92. The minimum atomic E-state index is -3.85. The van der Waals surface area contributed by atoms with E-state index in [2.05, 4.69) is 15.2 Å². The van der Waals surface area contributed by atoms with Gasteiger partial charge in [0.1, 0.15) is 18.9 Å². The lowest BCUT2D eigenvalue weighted by molar-refractivity contribution is 0.102. The van der Waals surface area contributed by atoms with Gasteiger partial charge in [0, 0.05) is 23.0 Å². The van der Waals surface area contributed by atoms with E-state index in [9.17, 15) is 13.2 Å². The highest BCUT2D eigenvalue weighted by Gasteiger charge is 2.24. The number of benzene rings is 2. The molecule has 0 bridgehead atoms. The number of hydrogen-bond acceptors (Lipinski definition) is 7. The number of carbonyl (C=O) groups excluding carboxylic acids is 1. The molecule has 0 radical (unpaired) electrons. The Bertz CT molecular complexity index is 1180. The zero-order valence-corrected chi connectivity index (χ0v) is 17.1. The summed E-state index contributed by atoms with van der Waals surface area (Å²) in [5.41, 5.74) is 1.51. The van der Waals surface area contributed by atoms with E-state index < -0.39 is 10.0 Å². The van der Waals surface area contributed by atoms with Crippen LogP contribution in [0.5, 0.6) is 11.5 Å². The van der Waals surface area contributed by atoms with Crippen molar-refractivity contribution in [2.24, 2.45) is 0 Å². The van der Waals surface area contributed by atoms with Crippen LogP contribution in [-0.2, 0) is 10.0 Å². The van der Waals surface area contributed by atoms with E-state index in [1.54, 1.807) is 25.1 Å². The molecule has 1 amide bonds. The van der Waals surface area contributed by atoms with Gasteiger partial charge in [0.15, 0.2) is 22.2 Å². The lowest BCUT2D eigenvalue weighted by Crippen LogP contribution is -2.16. The molecule has 0 saturated heterocycles. The third-order valence-electron chi connectivity index (χ3n) is 4.44. The summed E-state index contributed by atoms with van der Waals surface area (Å²) >= 11 is 0. The smallest absolute Gasteiger partial charge is 0.267 e. The van der Waals surface area contributed by atoms with E-state index in [1.807, 2.05) is 0 Å². The number of amides is 1. The van der Waals surface area contributed by atoms with Gasteiger partial charge in [-0.15, -0.1) is 0 Å². The maximum absolute atomic E-state index is 12.6. The molecule has 1 aliphatic heterocycles. The second-order valence-corrected chi connectivity index (χ2v) is 8.27. The zero-order chi connectivity index (χ0) is 21.3. The number of anilines is 2. The Balaban J connectivity index is 1.46. The summed E-state index contributed by atoms with van der Waals surface area (Å²) in [6, 6.07) is 11.2. The number of rotatable bonds is 5. The van der Waals surface area contributed by atoms with Crippen LogP contribution in [0.3, 0.4) is 0 Å². The predicted molar refractivity (Wildman–Crippen MR) is 109 cm³/mol. The second kappa shape index (κ2) is 7.71. The first-order valence-corrected chi connectivity index (χ1v) is 10.6. The van der Waals surface area contributed by atoms with Crippen molar-refractivity contribution in [1.29, 1.82) is 0 Å². The van der Waals surface area contributed by atoms with Crippen molar-refractivity contribution in [2.45, 2.75) is 18.7 Å². The molecule has 1 aromatic heterocycles. The molecular formula is C20H19N3O6S. The number of nitrogens with one attached hydrogen (secondary N) is 2. The minimum Gasteiger partial charge on any atom is -0.486 e. The number of aromatic nitrogens is 1. The molecular weight excluding hydrogens is 410 g/mol. The van der Waals surface area contributed by atoms with Crippen LogP contribution >= 0.6 is 0 Å². The normalized spacial score (nSPS) is 13.0. The van der Waals surface area contributed by atoms with Crippen LogP contribution in [0, 0.1) is 13.8 Å². The first-order valence-electron chi connectivity index (χ1n) is 9.10. The fourth-order valence-electron chi connectivity index (χ4n) is 3.08. The zero-order valence-electron chi connectivity index (χ0n) is 16.3. The van der Waals surface area contributed by atoms with E-state index in [-0.39, 0.29) is 22.3 Å². The quantitative estimate of drug-likeness (QED) is 0.639. The average molecular weight is 429 g/mol. The number of fused-ring (bicyclic) bond motifs is 1. The van der Waals surface area contributed by atoms with Gasteiger partial charge in [-0.05, 0) is 50.2 Å². The first-order chi connectivity index (χ1) is 14.3. The van der Waals surface area contributed by atoms with Gasteiger partial charge >= 0.3 is 0 Å². The monoisotopic (exact) mass is 429 g/mol. The predicted octanol–water partition coefficient (Wildman–Crippen LogP) is 3.12. The van der Waals surface area contributed by atoms with Crippen LogP contribution in [0.15, 0.2) is 51.9 Å². The Labute approximate surface area is 173 Å². The number of nitrogens with zero attached hydrogens (tertiary/aromatic N) is 1. The number of sulfonamides is 1. The molecule has 2 aromatic carbocycles. The van der Waals surface area contributed by atoms with Crippen molar-refractivity contribution in [3.05, 3.63) is 59.5 Å². The lowest BCUT2D eigenvalue weighted by Gasteiger charge is -2.19. The van der Waals surface area contributed by atoms with Crippen LogP contribution in [0.4, 0.5) is 11.4 Å². The number of hydrogen-bond donors (Lipinski definition) is 2. The standard InChI is InChI=1S/C20H19N3O6S/c1-12-19(13(2)29-22-12)30(25,26)23-15-5-3-14(4-6-15)20(24)21-16-7-8-17-18(11-16)28-10-9-27-17/h3-8,11,23H,9-10H2,1-2H3,(H,21,24). The van der Waals surface area contributed by atoms with E-state index in [0.29, 0.717) is 41.7 Å². The molecule has 2 N–H and O–H groups in total. The largest absolute Gasteiger partial charge is 0.486 e. The van der Waals surface area contributed by atoms with Gasteiger partial charge in [-0.2, -0.15) is 0 Å². The van der Waals surface area contributed by atoms with Gasteiger partial charge in [0.25, 0.3) is 15.9 Å². The molecule has 3 aromatic rings. The van der Waals surface area contributed by atoms with Gasteiger partial charge in [0.05, 0.1) is 0 Å². The van der Waals surface area contributed by atoms with Crippen LogP contribution in [0.25, 0.3) is 0 Å². The SMILES string of the molecule is Cc1noc(C)c1S(=O)(=O)Nc1ccc(C(=O)Nc2ccc3c(c2)OCCO3)cc1. The molecule has 9 nitrogen and oxygen atoms in total. The summed E-state index contributed by atoms with van der Waals surface area (Å²) in [6.07, 6.45) is 0. The van der Waals surface area contributed by atoms with E-state index in [0.717, 1.165) is 0 Å². The van der Waals surface area contributed by atoms with E-state index in [1.165, 1.54) is 31.2 Å². The molecule has 1 aliphatic rings. The number of carbonyl (C=O) groups is 1. The molecule has 0 unspecified atom stereocenters. The number of ether oxygens (including phenoxy) is 2. The Hall–Kier alpha value is -3.53. The number of aryl methyl sites for hydroxylation is 2. The van der Waals surface area contributed by atoms with Gasteiger partial charge in [0.2, 0.25) is 0 Å². The van der Waals surface area contributed by atoms with E-state index >= 15 is 0 Å². The Morgan fingerprint density at radius 3 is 2.30 bits per heavy atom. The molecule has 30 heavy (non-hydrogen) atoms.